The number of carbonyl (C=O) groups excluding carboxylic acids is 2. The van der Waals surface area contributed by atoms with E-state index in [0.717, 1.165) is 39.0 Å². The highest BCUT2D eigenvalue weighted by Crippen LogP contribution is 2.31. The summed E-state index contributed by atoms with van der Waals surface area (Å²) in [5.74, 6) is -0.289. The van der Waals surface area contributed by atoms with Crippen molar-refractivity contribution in [3.05, 3.63) is 0 Å². The van der Waals surface area contributed by atoms with Crippen molar-refractivity contribution in [2.45, 2.75) is 18.9 Å². The number of likely N-dealkylation sites (tertiary alicyclic amines) is 1. The molecule has 0 aromatic rings. The van der Waals surface area contributed by atoms with Gasteiger partial charge in [0.25, 0.3) is 0 Å². The molecule has 16 heavy (non-hydrogen) atoms. The molecule has 3 rings (SSSR count). The number of hydrogen-bond donors (Lipinski definition) is 2. The predicted molar refractivity (Wildman–Crippen MR) is 57.6 cm³/mol. The summed E-state index contributed by atoms with van der Waals surface area (Å²) in [7, 11) is 0. The van der Waals surface area contributed by atoms with E-state index in [1.165, 1.54) is 0 Å². The average Bonchev–Trinajstić information content (AvgIpc) is 2.83. The van der Waals surface area contributed by atoms with Crippen LogP contribution in [0.25, 0.3) is 0 Å². The Bertz CT molecular complexity index is 303. The summed E-state index contributed by atoms with van der Waals surface area (Å²) >= 11 is 0. The van der Waals surface area contributed by atoms with Crippen LogP contribution in [0.5, 0.6) is 0 Å². The van der Waals surface area contributed by atoms with Crippen molar-refractivity contribution in [1.82, 2.24) is 15.5 Å². The Balaban J connectivity index is 1.68. The number of carbonyl (C=O) groups is 2. The molecule has 2 atom stereocenters. The van der Waals surface area contributed by atoms with E-state index in [1.807, 2.05) is 0 Å². The summed E-state index contributed by atoms with van der Waals surface area (Å²) in [6, 6.07) is 0.562. The number of rotatable bonds is 1. The molecule has 2 unspecified atom stereocenters. The molecule has 0 radical (unpaired) electrons. The molecule has 2 N–H and O–H groups in total. The monoisotopic (exact) mass is 223 g/mol. The molecule has 0 aliphatic carbocycles. The van der Waals surface area contributed by atoms with Crippen molar-refractivity contribution < 1.29 is 9.59 Å². The van der Waals surface area contributed by atoms with Gasteiger partial charge in [0.1, 0.15) is 0 Å². The molecule has 2 amide bonds. The summed E-state index contributed by atoms with van der Waals surface area (Å²) in [4.78, 5) is 25.4. The molecule has 5 heteroatoms. The molecule has 0 bridgehead atoms. The van der Waals surface area contributed by atoms with Crippen LogP contribution in [0.4, 0.5) is 0 Å². The molecule has 3 aliphatic heterocycles. The first-order valence-electron chi connectivity index (χ1n) is 6.05. The lowest BCUT2D eigenvalue weighted by atomic mass is 10.00. The molecule has 0 spiro atoms. The van der Waals surface area contributed by atoms with E-state index in [9.17, 15) is 9.59 Å². The van der Waals surface area contributed by atoms with Crippen molar-refractivity contribution in [1.29, 1.82) is 0 Å². The Morgan fingerprint density at radius 2 is 1.56 bits per heavy atom. The van der Waals surface area contributed by atoms with Crippen molar-refractivity contribution in [2.24, 2.45) is 11.8 Å². The number of fused-ring (bicyclic) bond motifs is 1. The number of hydrogen-bond acceptors (Lipinski definition) is 4. The van der Waals surface area contributed by atoms with E-state index in [4.69, 9.17) is 0 Å². The SMILES string of the molecule is O=C1NC(=O)C2CN(C3CCNCC3)CC12. The van der Waals surface area contributed by atoms with E-state index < -0.39 is 0 Å². The zero-order chi connectivity index (χ0) is 11.1. The molecule has 3 heterocycles. The first kappa shape index (κ1) is 10.2. The van der Waals surface area contributed by atoms with Crippen LogP contribution in [0.2, 0.25) is 0 Å². The van der Waals surface area contributed by atoms with Crippen LogP contribution >= 0.6 is 0 Å². The quantitative estimate of drug-likeness (QED) is 0.556. The number of piperidine rings is 1. The van der Waals surface area contributed by atoms with Gasteiger partial charge in [-0.15, -0.1) is 0 Å². The van der Waals surface area contributed by atoms with Crippen molar-refractivity contribution >= 4 is 11.8 Å². The van der Waals surface area contributed by atoms with Gasteiger partial charge in [0.05, 0.1) is 11.8 Å². The minimum absolute atomic E-state index is 0.0635. The minimum Gasteiger partial charge on any atom is -0.317 e. The largest absolute Gasteiger partial charge is 0.317 e. The van der Waals surface area contributed by atoms with E-state index in [0.29, 0.717) is 6.04 Å². The molecule has 0 aromatic carbocycles. The van der Waals surface area contributed by atoms with E-state index in [2.05, 4.69) is 15.5 Å². The smallest absolute Gasteiger partial charge is 0.231 e. The fraction of sp³-hybridized carbons (Fsp3) is 0.818. The fourth-order valence-corrected chi connectivity index (χ4v) is 3.14. The van der Waals surface area contributed by atoms with Gasteiger partial charge in [-0.1, -0.05) is 0 Å². The maximum atomic E-state index is 11.5. The lowest BCUT2D eigenvalue weighted by Crippen LogP contribution is -2.43. The second-order valence-electron chi connectivity index (χ2n) is 5.00. The second kappa shape index (κ2) is 3.82. The van der Waals surface area contributed by atoms with E-state index >= 15 is 0 Å². The lowest BCUT2D eigenvalue weighted by Gasteiger charge is -2.31. The van der Waals surface area contributed by atoms with Gasteiger partial charge in [-0.2, -0.15) is 0 Å². The Morgan fingerprint density at radius 3 is 2.12 bits per heavy atom. The summed E-state index contributed by atoms with van der Waals surface area (Å²) < 4.78 is 0. The van der Waals surface area contributed by atoms with E-state index in [1.54, 1.807) is 0 Å². The van der Waals surface area contributed by atoms with Gasteiger partial charge < -0.3 is 5.32 Å². The third kappa shape index (κ3) is 1.55. The summed E-state index contributed by atoms with van der Waals surface area (Å²) in [5.41, 5.74) is 0. The molecule has 3 saturated heterocycles. The number of nitrogens with one attached hydrogen (secondary N) is 2. The maximum absolute atomic E-state index is 11.5. The Kier molecular flexibility index (Phi) is 2.44. The third-order valence-electron chi connectivity index (χ3n) is 4.09. The molecule has 0 saturated carbocycles. The Labute approximate surface area is 94.6 Å². The van der Waals surface area contributed by atoms with Gasteiger partial charge in [-0.05, 0) is 25.9 Å². The average molecular weight is 223 g/mol. The zero-order valence-electron chi connectivity index (χ0n) is 9.24. The number of nitrogens with zero attached hydrogens (tertiary/aromatic N) is 1. The van der Waals surface area contributed by atoms with Crippen molar-refractivity contribution in [2.75, 3.05) is 26.2 Å². The Morgan fingerprint density at radius 1 is 1.00 bits per heavy atom. The molecular formula is C11H17N3O2. The predicted octanol–water partition coefficient (Wildman–Crippen LogP) is -1.06. The number of amides is 2. The molecule has 88 valence electrons. The highest BCUT2D eigenvalue weighted by Gasteiger charge is 2.48. The molecule has 5 nitrogen and oxygen atoms in total. The van der Waals surface area contributed by atoms with Crippen LogP contribution in [-0.2, 0) is 9.59 Å². The molecule has 3 fully saturated rings. The topological polar surface area (TPSA) is 61.4 Å². The summed E-state index contributed by atoms with van der Waals surface area (Å²) in [6.45, 7) is 3.65. The van der Waals surface area contributed by atoms with Gasteiger partial charge >= 0.3 is 0 Å². The standard InChI is InChI=1S/C11H17N3O2/c15-10-8-5-14(6-9(8)11(16)13-10)7-1-3-12-4-2-7/h7-9,12H,1-6H2,(H,13,15,16). The van der Waals surface area contributed by atoms with Crippen LogP contribution in [0.1, 0.15) is 12.8 Å². The molecular weight excluding hydrogens is 206 g/mol. The van der Waals surface area contributed by atoms with Gasteiger partial charge in [-0.25, -0.2) is 0 Å². The first-order valence-corrected chi connectivity index (χ1v) is 6.05. The van der Waals surface area contributed by atoms with Crippen molar-refractivity contribution in [3.63, 3.8) is 0 Å². The van der Waals surface area contributed by atoms with Crippen molar-refractivity contribution in [3.8, 4) is 0 Å². The lowest BCUT2D eigenvalue weighted by molar-refractivity contribution is -0.126. The first-order chi connectivity index (χ1) is 7.75. The van der Waals surface area contributed by atoms with Gasteiger partial charge in [0.15, 0.2) is 0 Å². The highest BCUT2D eigenvalue weighted by atomic mass is 16.2. The van der Waals surface area contributed by atoms with Crippen LogP contribution < -0.4 is 10.6 Å². The molecule has 0 aromatic heterocycles. The normalized spacial score (nSPS) is 36.5. The summed E-state index contributed by atoms with van der Waals surface area (Å²) in [6.07, 6.45) is 2.27. The van der Waals surface area contributed by atoms with Crippen LogP contribution in [-0.4, -0.2) is 48.9 Å². The fourth-order valence-electron chi connectivity index (χ4n) is 3.14. The van der Waals surface area contributed by atoms with Crippen LogP contribution in [0.3, 0.4) is 0 Å². The minimum atomic E-state index is -0.0811. The van der Waals surface area contributed by atoms with Gasteiger partial charge in [0.2, 0.25) is 11.8 Å². The molecule has 3 aliphatic rings. The third-order valence-corrected chi connectivity index (χ3v) is 4.09. The highest BCUT2D eigenvalue weighted by molar-refractivity contribution is 6.05. The Hall–Kier alpha value is -0.940. The van der Waals surface area contributed by atoms with Gasteiger partial charge in [0, 0.05) is 19.1 Å². The second-order valence-corrected chi connectivity index (χ2v) is 5.00. The zero-order valence-corrected chi connectivity index (χ0v) is 9.24. The summed E-state index contributed by atoms with van der Waals surface area (Å²) in [5, 5.41) is 5.76. The van der Waals surface area contributed by atoms with Gasteiger partial charge in [-0.3, -0.25) is 19.8 Å². The van der Waals surface area contributed by atoms with Crippen LogP contribution in [0, 0.1) is 11.8 Å². The van der Waals surface area contributed by atoms with E-state index in [-0.39, 0.29) is 23.7 Å². The van der Waals surface area contributed by atoms with Crippen LogP contribution in [0.15, 0.2) is 0 Å². The number of imide groups is 1. The maximum Gasteiger partial charge on any atom is 0.231 e.